The van der Waals surface area contributed by atoms with Crippen molar-refractivity contribution in [1.82, 2.24) is 9.21 Å². The molecule has 1 saturated heterocycles. The molecule has 1 amide bonds. The van der Waals surface area contributed by atoms with Gasteiger partial charge in [0.25, 0.3) is 0 Å². The Kier molecular flexibility index (Phi) is 4.33. The first-order valence-corrected chi connectivity index (χ1v) is 7.43. The summed E-state index contributed by atoms with van der Waals surface area (Å²) in [4.78, 5) is 23.8. The standard InChI is InChI=1S/C10H18N2O5S/c1-7-5-11(18(3,16)17)6-9(4-10(14)15)12(7)8(2)13/h7,9H,4-6H2,1-3H3,(H,14,15)/t7-,9-/m1/s1. The molecule has 1 heterocycles. The molecule has 1 aliphatic heterocycles. The van der Waals surface area contributed by atoms with Crippen molar-refractivity contribution in [3.8, 4) is 0 Å². The van der Waals surface area contributed by atoms with Crippen LogP contribution in [-0.2, 0) is 19.6 Å². The van der Waals surface area contributed by atoms with Gasteiger partial charge < -0.3 is 10.0 Å². The molecule has 104 valence electrons. The summed E-state index contributed by atoms with van der Waals surface area (Å²) in [5.74, 6) is -1.28. The molecule has 0 spiro atoms. The molecule has 1 aliphatic rings. The molecule has 1 N–H and O–H groups in total. The minimum Gasteiger partial charge on any atom is -0.481 e. The highest BCUT2D eigenvalue weighted by Crippen LogP contribution is 2.20. The van der Waals surface area contributed by atoms with Crippen molar-refractivity contribution in [3.05, 3.63) is 0 Å². The Morgan fingerprint density at radius 2 is 1.89 bits per heavy atom. The molecule has 0 saturated carbocycles. The number of hydrogen-bond acceptors (Lipinski definition) is 4. The highest BCUT2D eigenvalue weighted by Gasteiger charge is 2.37. The summed E-state index contributed by atoms with van der Waals surface area (Å²) >= 11 is 0. The van der Waals surface area contributed by atoms with Gasteiger partial charge in [-0.3, -0.25) is 9.59 Å². The molecule has 1 fully saturated rings. The second-order valence-corrected chi connectivity index (χ2v) is 6.59. The number of nitrogens with zero attached hydrogens (tertiary/aromatic N) is 2. The van der Waals surface area contributed by atoms with E-state index in [0.717, 1.165) is 6.26 Å². The summed E-state index contributed by atoms with van der Waals surface area (Å²) in [6.07, 6.45) is 0.830. The molecule has 0 unspecified atom stereocenters. The molecule has 0 bridgehead atoms. The Hall–Kier alpha value is -1.15. The first-order valence-electron chi connectivity index (χ1n) is 5.58. The highest BCUT2D eigenvalue weighted by atomic mass is 32.2. The lowest BCUT2D eigenvalue weighted by Gasteiger charge is -2.43. The van der Waals surface area contributed by atoms with Crippen LogP contribution in [0.1, 0.15) is 20.3 Å². The minimum absolute atomic E-state index is 0.0368. The molecule has 0 aliphatic carbocycles. The lowest BCUT2D eigenvalue weighted by Crippen LogP contribution is -2.60. The first-order chi connectivity index (χ1) is 8.12. The number of carboxylic acids is 1. The number of amides is 1. The van der Waals surface area contributed by atoms with Gasteiger partial charge in [0.15, 0.2) is 0 Å². The molecular formula is C10H18N2O5S. The number of carboxylic acid groups (broad SMARTS) is 1. The molecule has 8 heteroatoms. The maximum absolute atomic E-state index is 11.5. The summed E-state index contributed by atoms with van der Waals surface area (Å²) in [6.45, 7) is 3.32. The molecule has 0 aromatic rings. The number of sulfonamides is 1. The fraction of sp³-hybridized carbons (Fsp3) is 0.800. The fourth-order valence-corrected chi connectivity index (χ4v) is 3.27. The monoisotopic (exact) mass is 278 g/mol. The SMILES string of the molecule is CC(=O)N1[C@H](CC(=O)O)CN(S(C)(=O)=O)C[C@H]1C. The van der Waals surface area contributed by atoms with Gasteiger partial charge in [-0.25, -0.2) is 8.42 Å². The van der Waals surface area contributed by atoms with E-state index in [4.69, 9.17) is 5.11 Å². The van der Waals surface area contributed by atoms with Gasteiger partial charge in [0.2, 0.25) is 15.9 Å². The van der Waals surface area contributed by atoms with E-state index in [1.165, 1.54) is 16.1 Å². The second kappa shape index (κ2) is 5.23. The lowest BCUT2D eigenvalue weighted by molar-refractivity contribution is -0.143. The Balaban J connectivity index is 2.98. The largest absolute Gasteiger partial charge is 0.481 e. The summed E-state index contributed by atoms with van der Waals surface area (Å²) in [5.41, 5.74) is 0. The number of aliphatic carboxylic acids is 1. The van der Waals surface area contributed by atoms with E-state index in [2.05, 4.69) is 0 Å². The predicted molar refractivity (Wildman–Crippen MR) is 64.4 cm³/mol. The number of piperazine rings is 1. The van der Waals surface area contributed by atoms with Crippen LogP contribution in [0.5, 0.6) is 0 Å². The third-order valence-electron chi connectivity index (χ3n) is 2.99. The van der Waals surface area contributed by atoms with E-state index in [-0.39, 0.29) is 31.5 Å². The van der Waals surface area contributed by atoms with E-state index < -0.39 is 22.0 Å². The molecule has 0 radical (unpaired) electrons. The topological polar surface area (TPSA) is 95.0 Å². The predicted octanol–water partition coefficient (Wildman–Crippen LogP) is -0.658. The molecule has 7 nitrogen and oxygen atoms in total. The maximum atomic E-state index is 11.5. The smallest absolute Gasteiger partial charge is 0.305 e. The fourth-order valence-electron chi connectivity index (χ4n) is 2.34. The molecule has 1 rings (SSSR count). The zero-order valence-electron chi connectivity index (χ0n) is 10.7. The van der Waals surface area contributed by atoms with E-state index in [0.29, 0.717) is 0 Å². The second-order valence-electron chi connectivity index (χ2n) is 4.61. The lowest BCUT2D eigenvalue weighted by atomic mass is 10.1. The van der Waals surface area contributed by atoms with Crippen LogP contribution in [0.25, 0.3) is 0 Å². The number of hydrogen-bond donors (Lipinski definition) is 1. The average molecular weight is 278 g/mol. The molecule has 18 heavy (non-hydrogen) atoms. The van der Waals surface area contributed by atoms with Gasteiger partial charge in [-0.2, -0.15) is 4.31 Å². The zero-order valence-corrected chi connectivity index (χ0v) is 11.5. The van der Waals surface area contributed by atoms with Crippen LogP contribution >= 0.6 is 0 Å². The maximum Gasteiger partial charge on any atom is 0.305 e. The van der Waals surface area contributed by atoms with Crippen LogP contribution in [0, 0.1) is 0 Å². The van der Waals surface area contributed by atoms with Crippen LogP contribution < -0.4 is 0 Å². The van der Waals surface area contributed by atoms with Gasteiger partial charge in [0, 0.05) is 26.1 Å². The summed E-state index contributed by atoms with van der Waals surface area (Å²) in [6, 6.07) is -0.936. The van der Waals surface area contributed by atoms with Crippen molar-refractivity contribution in [3.63, 3.8) is 0 Å². The van der Waals surface area contributed by atoms with E-state index in [9.17, 15) is 18.0 Å². The number of rotatable bonds is 3. The zero-order chi connectivity index (χ0) is 14.1. The van der Waals surface area contributed by atoms with Crippen molar-refractivity contribution >= 4 is 21.9 Å². The van der Waals surface area contributed by atoms with Crippen molar-refractivity contribution in [2.75, 3.05) is 19.3 Å². The number of carbonyl (C=O) groups excluding carboxylic acids is 1. The van der Waals surface area contributed by atoms with Gasteiger partial charge in [0.05, 0.1) is 18.7 Å². The van der Waals surface area contributed by atoms with E-state index in [1.54, 1.807) is 6.92 Å². The van der Waals surface area contributed by atoms with Crippen molar-refractivity contribution in [2.24, 2.45) is 0 Å². The third kappa shape index (κ3) is 3.42. The van der Waals surface area contributed by atoms with Gasteiger partial charge in [-0.1, -0.05) is 0 Å². The Morgan fingerprint density at radius 3 is 2.28 bits per heavy atom. The van der Waals surface area contributed by atoms with Gasteiger partial charge in [0.1, 0.15) is 0 Å². The summed E-state index contributed by atoms with van der Waals surface area (Å²) < 4.78 is 24.3. The van der Waals surface area contributed by atoms with Crippen LogP contribution in [0.3, 0.4) is 0 Å². The van der Waals surface area contributed by atoms with Gasteiger partial charge in [-0.05, 0) is 6.92 Å². The number of carbonyl (C=O) groups is 2. The molecule has 2 atom stereocenters. The Morgan fingerprint density at radius 1 is 1.33 bits per heavy atom. The van der Waals surface area contributed by atoms with Gasteiger partial charge in [-0.15, -0.1) is 0 Å². The van der Waals surface area contributed by atoms with Gasteiger partial charge >= 0.3 is 5.97 Å². The van der Waals surface area contributed by atoms with Crippen molar-refractivity contribution < 1.29 is 23.1 Å². The van der Waals surface area contributed by atoms with Crippen molar-refractivity contribution in [1.29, 1.82) is 0 Å². The normalized spacial score (nSPS) is 26.1. The molecule has 0 aromatic carbocycles. The third-order valence-corrected chi connectivity index (χ3v) is 4.23. The summed E-state index contributed by atoms with van der Waals surface area (Å²) in [7, 11) is -3.37. The molecule has 0 aromatic heterocycles. The summed E-state index contributed by atoms with van der Waals surface area (Å²) in [5, 5.41) is 8.83. The Bertz CT molecular complexity index is 447. The van der Waals surface area contributed by atoms with Crippen molar-refractivity contribution in [2.45, 2.75) is 32.4 Å². The van der Waals surface area contributed by atoms with Crippen LogP contribution in [0.2, 0.25) is 0 Å². The van der Waals surface area contributed by atoms with Crippen LogP contribution in [-0.4, -0.2) is 66.0 Å². The molecular weight excluding hydrogens is 260 g/mol. The minimum atomic E-state index is -3.37. The average Bonchev–Trinajstić information content (AvgIpc) is 2.13. The first kappa shape index (κ1) is 14.9. The van der Waals surface area contributed by atoms with Crippen LogP contribution in [0.15, 0.2) is 0 Å². The van der Waals surface area contributed by atoms with E-state index in [1.807, 2.05) is 0 Å². The quantitative estimate of drug-likeness (QED) is 0.739. The Labute approximate surface area is 106 Å². The van der Waals surface area contributed by atoms with E-state index >= 15 is 0 Å². The van der Waals surface area contributed by atoms with Crippen LogP contribution in [0.4, 0.5) is 0 Å². The highest BCUT2D eigenvalue weighted by molar-refractivity contribution is 7.88.